The number of hydrogen-bond acceptors (Lipinski definition) is 4. The highest BCUT2D eigenvalue weighted by atomic mass is 32.1. The molecule has 0 radical (unpaired) electrons. The zero-order valence-electron chi connectivity index (χ0n) is 11.6. The first-order valence-corrected chi connectivity index (χ1v) is 7.54. The molecule has 3 rings (SSSR count). The van der Waals surface area contributed by atoms with Crippen LogP contribution in [-0.2, 0) is 4.79 Å². The van der Waals surface area contributed by atoms with Crippen molar-refractivity contribution in [3.8, 4) is 0 Å². The van der Waals surface area contributed by atoms with E-state index in [4.69, 9.17) is 0 Å². The number of nitrogens with zero attached hydrogens (tertiary/aromatic N) is 1. The van der Waals surface area contributed by atoms with Gasteiger partial charge in [-0.05, 0) is 31.9 Å². The fraction of sp³-hybridized carbons (Fsp3) is 0.333. The zero-order chi connectivity index (χ0) is 14.1. The SMILES string of the molecule is Cc1nc(NC(=O)C2CCNc3ccccc32)sc1C. The van der Waals surface area contributed by atoms with Crippen molar-refractivity contribution in [3.63, 3.8) is 0 Å². The first-order valence-electron chi connectivity index (χ1n) is 6.73. The number of carbonyl (C=O) groups is 1. The van der Waals surface area contributed by atoms with E-state index in [1.807, 2.05) is 38.1 Å². The number of fused-ring (bicyclic) bond motifs is 1. The van der Waals surface area contributed by atoms with Gasteiger partial charge in [0.25, 0.3) is 0 Å². The molecule has 2 heterocycles. The van der Waals surface area contributed by atoms with Gasteiger partial charge in [0, 0.05) is 17.1 Å². The Kier molecular flexibility index (Phi) is 3.44. The predicted molar refractivity (Wildman–Crippen MR) is 82.5 cm³/mol. The summed E-state index contributed by atoms with van der Waals surface area (Å²) in [4.78, 5) is 18.0. The molecule has 0 saturated heterocycles. The number of anilines is 2. The Labute approximate surface area is 122 Å². The molecule has 1 aromatic carbocycles. The van der Waals surface area contributed by atoms with Gasteiger partial charge in [-0.3, -0.25) is 4.79 Å². The van der Waals surface area contributed by atoms with Crippen LogP contribution in [0.25, 0.3) is 0 Å². The highest BCUT2D eigenvalue weighted by Crippen LogP contribution is 2.32. The Morgan fingerprint density at radius 2 is 2.20 bits per heavy atom. The van der Waals surface area contributed by atoms with Crippen molar-refractivity contribution in [1.29, 1.82) is 0 Å². The summed E-state index contributed by atoms with van der Waals surface area (Å²) < 4.78 is 0. The number of rotatable bonds is 2. The number of benzene rings is 1. The van der Waals surface area contributed by atoms with Crippen LogP contribution in [-0.4, -0.2) is 17.4 Å². The molecule has 5 heteroatoms. The summed E-state index contributed by atoms with van der Waals surface area (Å²) in [6, 6.07) is 8.00. The minimum absolute atomic E-state index is 0.0349. The number of aromatic nitrogens is 1. The molecular weight excluding hydrogens is 270 g/mol. The van der Waals surface area contributed by atoms with Crippen molar-refractivity contribution in [3.05, 3.63) is 40.4 Å². The number of thiazole rings is 1. The molecule has 0 saturated carbocycles. The Morgan fingerprint density at radius 1 is 1.40 bits per heavy atom. The molecule has 1 aliphatic rings. The minimum atomic E-state index is -0.100. The molecule has 1 unspecified atom stereocenters. The summed E-state index contributed by atoms with van der Waals surface area (Å²) in [6.45, 7) is 4.80. The fourth-order valence-corrected chi connectivity index (χ4v) is 3.28. The fourth-order valence-electron chi connectivity index (χ4n) is 2.46. The molecule has 1 aliphatic heterocycles. The average molecular weight is 287 g/mol. The van der Waals surface area contributed by atoms with Crippen molar-refractivity contribution in [2.75, 3.05) is 17.2 Å². The summed E-state index contributed by atoms with van der Waals surface area (Å²) >= 11 is 1.53. The molecule has 2 N–H and O–H groups in total. The summed E-state index contributed by atoms with van der Waals surface area (Å²) in [5, 5.41) is 6.98. The van der Waals surface area contributed by atoms with Crippen LogP contribution in [0.2, 0.25) is 0 Å². The van der Waals surface area contributed by atoms with Crippen LogP contribution < -0.4 is 10.6 Å². The van der Waals surface area contributed by atoms with Crippen molar-refractivity contribution in [1.82, 2.24) is 4.98 Å². The second-order valence-electron chi connectivity index (χ2n) is 5.01. The quantitative estimate of drug-likeness (QED) is 0.891. The molecule has 0 fully saturated rings. The molecule has 0 bridgehead atoms. The summed E-state index contributed by atoms with van der Waals surface area (Å²) in [7, 11) is 0. The summed E-state index contributed by atoms with van der Waals surface area (Å²) in [5.74, 6) is -0.0651. The van der Waals surface area contributed by atoms with Gasteiger partial charge in [0.05, 0.1) is 11.6 Å². The molecule has 4 nitrogen and oxygen atoms in total. The Balaban J connectivity index is 1.81. The maximum absolute atomic E-state index is 12.5. The number of para-hydroxylation sites is 1. The van der Waals surface area contributed by atoms with Gasteiger partial charge in [0.2, 0.25) is 5.91 Å². The van der Waals surface area contributed by atoms with Crippen LogP contribution in [0.5, 0.6) is 0 Å². The topological polar surface area (TPSA) is 54.0 Å². The molecule has 20 heavy (non-hydrogen) atoms. The number of nitrogens with one attached hydrogen (secondary N) is 2. The van der Waals surface area contributed by atoms with E-state index < -0.39 is 0 Å². The summed E-state index contributed by atoms with van der Waals surface area (Å²) in [6.07, 6.45) is 0.812. The number of carbonyl (C=O) groups excluding carboxylic acids is 1. The van der Waals surface area contributed by atoms with Gasteiger partial charge in [-0.2, -0.15) is 0 Å². The Hall–Kier alpha value is -1.88. The largest absolute Gasteiger partial charge is 0.385 e. The highest BCUT2D eigenvalue weighted by molar-refractivity contribution is 7.15. The molecule has 2 aromatic rings. The van der Waals surface area contributed by atoms with Crippen molar-refractivity contribution < 1.29 is 4.79 Å². The molecule has 1 aromatic heterocycles. The maximum atomic E-state index is 12.5. The molecule has 1 atom stereocenters. The standard InChI is InChI=1S/C15H17N3OS/c1-9-10(2)20-15(17-9)18-14(19)12-7-8-16-13-6-4-3-5-11(12)13/h3-6,12,16H,7-8H2,1-2H3,(H,17,18,19). The van der Waals surface area contributed by atoms with E-state index in [9.17, 15) is 4.79 Å². The monoisotopic (exact) mass is 287 g/mol. The van der Waals surface area contributed by atoms with E-state index in [-0.39, 0.29) is 11.8 Å². The van der Waals surface area contributed by atoms with Gasteiger partial charge >= 0.3 is 0 Å². The smallest absolute Gasteiger partial charge is 0.233 e. The summed E-state index contributed by atoms with van der Waals surface area (Å²) in [5.41, 5.74) is 3.11. The lowest BCUT2D eigenvalue weighted by Gasteiger charge is -2.25. The van der Waals surface area contributed by atoms with Crippen LogP contribution in [0, 0.1) is 13.8 Å². The van der Waals surface area contributed by atoms with Crippen LogP contribution >= 0.6 is 11.3 Å². The molecule has 0 aliphatic carbocycles. The van der Waals surface area contributed by atoms with E-state index >= 15 is 0 Å². The number of hydrogen-bond donors (Lipinski definition) is 2. The van der Waals surface area contributed by atoms with E-state index in [0.29, 0.717) is 5.13 Å². The number of aryl methyl sites for hydroxylation is 2. The molecular formula is C15H17N3OS. The van der Waals surface area contributed by atoms with E-state index in [0.717, 1.165) is 34.8 Å². The minimum Gasteiger partial charge on any atom is -0.385 e. The lowest BCUT2D eigenvalue weighted by molar-refractivity contribution is -0.117. The van der Waals surface area contributed by atoms with E-state index in [1.165, 1.54) is 11.3 Å². The second-order valence-corrected chi connectivity index (χ2v) is 6.21. The van der Waals surface area contributed by atoms with Gasteiger partial charge in [-0.25, -0.2) is 4.98 Å². The van der Waals surface area contributed by atoms with Crippen molar-refractivity contribution in [2.45, 2.75) is 26.2 Å². The second kappa shape index (κ2) is 5.25. The molecule has 0 spiro atoms. The van der Waals surface area contributed by atoms with Crippen LogP contribution in [0.3, 0.4) is 0 Å². The van der Waals surface area contributed by atoms with Gasteiger partial charge in [-0.15, -0.1) is 11.3 Å². The number of amides is 1. The average Bonchev–Trinajstić information content (AvgIpc) is 2.76. The van der Waals surface area contributed by atoms with Crippen LogP contribution in [0.4, 0.5) is 10.8 Å². The van der Waals surface area contributed by atoms with E-state index in [1.54, 1.807) is 0 Å². The third-order valence-corrected chi connectivity index (χ3v) is 4.65. The van der Waals surface area contributed by atoms with Crippen LogP contribution in [0.15, 0.2) is 24.3 Å². The lowest BCUT2D eigenvalue weighted by Crippen LogP contribution is -2.27. The van der Waals surface area contributed by atoms with E-state index in [2.05, 4.69) is 15.6 Å². The lowest BCUT2D eigenvalue weighted by atomic mass is 9.90. The predicted octanol–water partition coefficient (Wildman–Crippen LogP) is 3.30. The Morgan fingerprint density at radius 3 is 2.95 bits per heavy atom. The molecule has 1 amide bonds. The van der Waals surface area contributed by atoms with Gasteiger partial charge in [0.15, 0.2) is 5.13 Å². The zero-order valence-corrected chi connectivity index (χ0v) is 12.4. The third-order valence-electron chi connectivity index (χ3n) is 3.66. The first kappa shape index (κ1) is 13.1. The van der Waals surface area contributed by atoms with Gasteiger partial charge < -0.3 is 10.6 Å². The molecule has 104 valence electrons. The van der Waals surface area contributed by atoms with Gasteiger partial charge in [-0.1, -0.05) is 18.2 Å². The highest BCUT2D eigenvalue weighted by Gasteiger charge is 2.26. The van der Waals surface area contributed by atoms with Crippen molar-refractivity contribution >= 4 is 28.1 Å². The van der Waals surface area contributed by atoms with Crippen molar-refractivity contribution in [2.24, 2.45) is 0 Å². The third kappa shape index (κ3) is 2.41. The normalized spacial score (nSPS) is 17.2. The maximum Gasteiger partial charge on any atom is 0.233 e. The Bertz CT molecular complexity index is 631. The first-order chi connectivity index (χ1) is 9.65. The van der Waals surface area contributed by atoms with Gasteiger partial charge in [0.1, 0.15) is 0 Å². The van der Waals surface area contributed by atoms with Crippen LogP contribution in [0.1, 0.15) is 28.5 Å².